The van der Waals surface area contributed by atoms with Gasteiger partial charge in [0.05, 0.1) is 6.54 Å². The van der Waals surface area contributed by atoms with Crippen LogP contribution in [0.2, 0.25) is 0 Å². The second kappa shape index (κ2) is 9.58. The predicted molar refractivity (Wildman–Crippen MR) is 138 cm³/mol. The molecule has 184 valence electrons. The van der Waals surface area contributed by atoms with Gasteiger partial charge in [-0.2, -0.15) is 4.98 Å². The lowest BCUT2D eigenvalue weighted by Crippen LogP contribution is -2.41. The van der Waals surface area contributed by atoms with Gasteiger partial charge in [-0.15, -0.1) is 12.4 Å². The average Bonchev–Trinajstić information content (AvgIpc) is 3.52. The first-order valence-corrected chi connectivity index (χ1v) is 11.4. The summed E-state index contributed by atoms with van der Waals surface area (Å²) in [6, 6.07) is 8.70. The van der Waals surface area contributed by atoms with Crippen LogP contribution < -0.4 is 21.5 Å². The Labute approximate surface area is 208 Å². The number of nitrogens with zero attached hydrogens (tertiary/aromatic N) is 5. The fourth-order valence-corrected chi connectivity index (χ4v) is 4.69. The molecule has 1 atom stereocenters. The highest BCUT2D eigenvalue weighted by molar-refractivity contribution is 5.96. The second-order valence-corrected chi connectivity index (χ2v) is 9.20. The number of Topliss-reactive ketones (excluding diaryl/α,β-unsaturated/α-hetero) is 1. The van der Waals surface area contributed by atoms with Crippen LogP contribution in [0.25, 0.3) is 11.2 Å². The summed E-state index contributed by atoms with van der Waals surface area (Å²) in [4.78, 5) is 46.5. The van der Waals surface area contributed by atoms with E-state index in [-0.39, 0.29) is 24.7 Å². The molecule has 1 N–H and O–H groups in total. The number of fused-ring (bicyclic) bond motifs is 2. The number of ketones is 1. The van der Waals surface area contributed by atoms with Crippen molar-refractivity contribution in [1.29, 1.82) is 0 Å². The average molecular weight is 497 g/mol. The summed E-state index contributed by atoms with van der Waals surface area (Å²) in [7, 11) is 1.60. The van der Waals surface area contributed by atoms with Crippen molar-refractivity contribution in [3.8, 4) is 0 Å². The van der Waals surface area contributed by atoms with Gasteiger partial charge in [0.25, 0.3) is 5.56 Å². The molecule has 9 nitrogen and oxygen atoms in total. The van der Waals surface area contributed by atoms with Crippen molar-refractivity contribution in [2.75, 3.05) is 24.5 Å². The molecule has 1 aromatic carbocycles. The van der Waals surface area contributed by atoms with Crippen LogP contribution in [0.3, 0.4) is 0 Å². The number of allylic oxidation sites excluding steroid dienone is 2. The monoisotopic (exact) mass is 496 g/mol. The minimum atomic E-state index is -0.551. The number of benzene rings is 1. The minimum absolute atomic E-state index is 0. The molecule has 0 aliphatic carbocycles. The summed E-state index contributed by atoms with van der Waals surface area (Å²) in [5.74, 6) is 0.796. The number of imidazole rings is 1. The van der Waals surface area contributed by atoms with Gasteiger partial charge in [-0.3, -0.25) is 18.7 Å². The topological polar surface area (TPSA) is 94.2 Å². The van der Waals surface area contributed by atoms with Crippen LogP contribution >= 0.6 is 12.4 Å². The third-order valence-corrected chi connectivity index (χ3v) is 6.57. The maximum atomic E-state index is 13.6. The summed E-state index contributed by atoms with van der Waals surface area (Å²) < 4.78 is 4.27. The lowest BCUT2D eigenvalue weighted by Gasteiger charge is -2.19. The SMILES string of the molecule is CC(C)=CCn1c(N2CC3=CNCC3C2)nc2c1c(=O)n(CC(=O)c1ccccc1)c(=O)n2C.Cl. The third-order valence-electron chi connectivity index (χ3n) is 6.57. The van der Waals surface area contributed by atoms with Crippen molar-refractivity contribution in [3.63, 3.8) is 0 Å². The van der Waals surface area contributed by atoms with Crippen molar-refractivity contribution in [1.82, 2.24) is 24.0 Å². The molecule has 35 heavy (non-hydrogen) atoms. The van der Waals surface area contributed by atoms with Gasteiger partial charge in [0, 0.05) is 44.7 Å². The van der Waals surface area contributed by atoms with Crippen LogP contribution in [-0.2, 0) is 20.1 Å². The molecular formula is C25H29ClN6O3. The highest BCUT2D eigenvalue weighted by atomic mass is 35.5. The Morgan fingerprint density at radius 2 is 1.91 bits per heavy atom. The molecule has 0 spiro atoms. The van der Waals surface area contributed by atoms with Crippen LogP contribution in [0.15, 0.2) is 63.3 Å². The van der Waals surface area contributed by atoms with Gasteiger partial charge in [0.15, 0.2) is 16.9 Å². The van der Waals surface area contributed by atoms with Crippen molar-refractivity contribution >= 4 is 35.3 Å². The lowest BCUT2D eigenvalue weighted by atomic mass is 10.1. The molecule has 5 rings (SSSR count). The number of halogens is 1. The number of aryl methyl sites for hydroxylation is 1. The molecule has 0 saturated carbocycles. The van der Waals surface area contributed by atoms with E-state index in [0.717, 1.165) is 29.8 Å². The van der Waals surface area contributed by atoms with E-state index in [9.17, 15) is 14.4 Å². The van der Waals surface area contributed by atoms with E-state index in [0.29, 0.717) is 35.1 Å². The smallest absolute Gasteiger partial charge is 0.332 e. The number of rotatable bonds is 6. The van der Waals surface area contributed by atoms with Crippen LogP contribution in [0.5, 0.6) is 0 Å². The van der Waals surface area contributed by atoms with Gasteiger partial charge >= 0.3 is 5.69 Å². The van der Waals surface area contributed by atoms with E-state index in [1.807, 2.05) is 30.6 Å². The molecule has 10 heteroatoms. The highest BCUT2D eigenvalue weighted by Crippen LogP contribution is 2.30. The fraction of sp³-hybridized carbons (Fsp3) is 0.360. The Balaban J connectivity index is 0.00000289. The van der Waals surface area contributed by atoms with E-state index in [1.54, 1.807) is 31.3 Å². The summed E-state index contributed by atoms with van der Waals surface area (Å²) >= 11 is 0. The molecule has 4 heterocycles. The van der Waals surface area contributed by atoms with Gasteiger partial charge in [-0.05, 0) is 25.6 Å². The van der Waals surface area contributed by atoms with Crippen molar-refractivity contribution < 1.29 is 4.79 Å². The molecule has 3 aromatic rings. The Kier molecular flexibility index (Phi) is 6.71. The number of anilines is 1. The van der Waals surface area contributed by atoms with Gasteiger partial charge in [-0.1, -0.05) is 42.0 Å². The molecule has 2 aliphatic heterocycles. The quantitative estimate of drug-likeness (QED) is 0.415. The van der Waals surface area contributed by atoms with E-state index in [2.05, 4.69) is 16.4 Å². The first-order valence-electron chi connectivity index (χ1n) is 11.4. The van der Waals surface area contributed by atoms with Crippen molar-refractivity contribution in [2.45, 2.75) is 26.9 Å². The minimum Gasteiger partial charge on any atom is -0.390 e. The Morgan fingerprint density at radius 3 is 2.60 bits per heavy atom. The molecule has 1 fully saturated rings. The lowest BCUT2D eigenvalue weighted by molar-refractivity contribution is 0.0969. The number of hydrogen-bond donors (Lipinski definition) is 1. The Hall–Kier alpha value is -3.59. The first kappa shape index (κ1) is 24.5. The molecule has 2 aromatic heterocycles. The molecule has 1 saturated heterocycles. The van der Waals surface area contributed by atoms with Gasteiger partial charge in [-0.25, -0.2) is 4.79 Å². The molecule has 1 unspecified atom stereocenters. The zero-order valence-electron chi connectivity index (χ0n) is 20.0. The fourth-order valence-electron chi connectivity index (χ4n) is 4.69. The zero-order valence-corrected chi connectivity index (χ0v) is 20.8. The van der Waals surface area contributed by atoms with Crippen LogP contribution in [0.1, 0.15) is 24.2 Å². The summed E-state index contributed by atoms with van der Waals surface area (Å²) in [6.45, 7) is 6.55. The molecule has 2 aliphatic rings. The second-order valence-electron chi connectivity index (χ2n) is 9.20. The number of nitrogens with one attached hydrogen (secondary N) is 1. The largest absolute Gasteiger partial charge is 0.390 e. The number of carbonyl (C=O) groups excluding carboxylic acids is 1. The molecule has 0 amide bonds. The summed E-state index contributed by atoms with van der Waals surface area (Å²) in [5, 5.41) is 3.29. The maximum Gasteiger partial charge on any atom is 0.332 e. The predicted octanol–water partition coefficient (Wildman–Crippen LogP) is 2.09. The standard InChI is InChI=1S/C25H28N6O3.ClH/c1-16(2)9-10-30-21-22(27-24(30)29-13-18-11-26-12-19(18)14-29)28(3)25(34)31(23(21)33)15-20(32)17-7-5-4-6-8-17;/h4-9,11,19,26H,10,12-15H2,1-3H3;1H. The summed E-state index contributed by atoms with van der Waals surface area (Å²) in [5.41, 5.74) is 2.51. The van der Waals surface area contributed by atoms with Gasteiger partial charge in [0.2, 0.25) is 5.95 Å². The van der Waals surface area contributed by atoms with Gasteiger partial charge in [0.1, 0.15) is 0 Å². The number of carbonyl (C=O) groups is 1. The first-order chi connectivity index (χ1) is 16.3. The zero-order chi connectivity index (χ0) is 24.0. The van der Waals surface area contributed by atoms with Crippen LogP contribution in [0, 0.1) is 5.92 Å². The molecule has 0 radical (unpaired) electrons. The van der Waals surface area contributed by atoms with Crippen molar-refractivity contribution in [2.24, 2.45) is 13.0 Å². The normalized spacial score (nSPS) is 16.5. The van der Waals surface area contributed by atoms with E-state index in [4.69, 9.17) is 4.98 Å². The number of hydrogen-bond acceptors (Lipinski definition) is 6. The number of aromatic nitrogens is 4. The van der Waals surface area contributed by atoms with E-state index in [1.165, 1.54) is 10.1 Å². The van der Waals surface area contributed by atoms with E-state index < -0.39 is 11.2 Å². The van der Waals surface area contributed by atoms with Crippen LogP contribution in [-0.4, -0.2) is 44.1 Å². The highest BCUT2D eigenvalue weighted by Gasteiger charge is 2.33. The van der Waals surface area contributed by atoms with Crippen molar-refractivity contribution in [3.05, 3.63) is 80.2 Å². The van der Waals surface area contributed by atoms with Crippen LogP contribution in [0.4, 0.5) is 5.95 Å². The molecular weight excluding hydrogens is 468 g/mol. The Morgan fingerprint density at radius 1 is 1.17 bits per heavy atom. The Bertz CT molecular complexity index is 1460. The third kappa shape index (κ3) is 4.32. The molecule has 0 bridgehead atoms. The van der Waals surface area contributed by atoms with E-state index >= 15 is 0 Å². The maximum absolute atomic E-state index is 13.6. The summed E-state index contributed by atoms with van der Waals surface area (Å²) in [6.07, 6.45) is 4.10. The van der Waals surface area contributed by atoms with Gasteiger partial charge < -0.3 is 14.8 Å².